The summed E-state index contributed by atoms with van der Waals surface area (Å²) in [4.78, 5) is 0. The highest BCUT2D eigenvalue weighted by atomic mass is 15.0. The van der Waals surface area contributed by atoms with Gasteiger partial charge in [0.2, 0.25) is 0 Å². The smallest absolute Gasteiger partial charge is 0.0154 e. The van der Waals surface area contributed by atoms with Crippen molar-refractivity contribution in [2.24, 2.45) is 5.73 Å². The fourth-order valence-corrected chi connectivity index (χ4v) is 0.966. The minimum Gasteiger partial charge on any atom is -0.328 e. The molecule has 1 saturated carbocycles. The summed E-state index contributed by atoms with van der Waals surface area (Å²) in [6.45, 7) is 5.40. The Bertz CT molecular complexity index is 106. The van der Waals surface area contributed by atoms with E-state index in [4.69, 9.17) is 5.73 Å². The minimum atomic E-state index is 0.342. The molecule has 2 nitrogen and oxygen atoms in total. The van der Waals surface area contributed by atoms with Gasteiger partial charge in [0.1, 0.15) is 0 Å². The zero-order chi connectivity index (χ0) is 7.61. The van der Waals surface area contributed by atoms with Gasteiger partial charge >= 0.3 is 0 Å². The van der Waals surface area contributed by atoms with Crippen LogP contribution >= 0.6 is 0 Å². The molecule has 0 spiro atoms. The van der Waals surface area contributed by atoms with Gasteiger partial charge in [-0.05, 0) is 39.7 Å². The Kier molecular flexibility index (Phi) is 2.32. The van der Waals surface area contributed by atoms with Crippen LogP contribution < -0.4 is 11.1 Å². The summed E-state index contributed by atoms with van der Waals surface area (Å²) < 4.78 is 0. The van der Waals surface area contributed by atoms with Crippen LogP contribution in [-0.4, -0.2) is 18.1 Å². The van der Waals surface area contributed by atoms with Gasteiger partial charge in [-0.2, -0.15) is 0 Å². The Morgan fingerprint density at radius 3 is 2.60 bits per heavy atom. The van der Waals surface area contributed by atoms with Crippen LogP contribution in [0.15, 0.2) is 0 Å². The molecule has 0 amide bonds. The number of hydrogen-bond acceptors (Lipinski definition) is 2. The lowest BCUT2D eigenvalue weighted by atomic mass is 10.2. The molecule has 0 radical (unpaired) electrons. The molecule has 1 aliphatic rings. The topological polar surface area (TPSA) is 38.0 Å². The molecule has 0 aliphatic heterocycles. The molecule has 0 bridgehead atoms. The maximum Gasteiger partial charge on any atom is 0.0154 e. The van der Waals surface area contributed by atoms with Crippen molar-refractivity contribution >= 4 is 0 Å². The third-order valence-corrected chi connectivity index (χ3v) is 2.15. The maximum atomic E-state index is 5.60. The molecule has 0 aromatic rings. The molecule has 0 aromatic carbocycles. The molecule has 1 aliphatic carbocycles. The third-order valence-electron chi connectivity index (χ3n) is 2.15. The van der Waals surface area contributed by atoms with Crippen LogP contribution in [0, 0.1) is 0 Å². The zero-order valence-electron chi connectivity index (χ0n) is 6.98. The third kappa shape index (κ3) is 2.67. The van der Waals surface area contributed by atoms with Gasteiger partial charge in [-0.15, -0.1) is 0 Å². The monoisotopic (exact) mass is 142 g/mol. The zero-order valence-corrected chi connectivity index (χ0v) is 6.98. The first-order chi connectivity index (χ1) is 4.62. The first-order valence-corrected chi connectivity index (χ1v) is 4.13. The van der Waals surface area contributed by atoms with E-state index >= 15 is 0 Å². The molecule has 1 atom stereocenters. The van der Waals surface area contributed by atoms with Gasteiger partial charge in [-0.1, -0.05) is 0 Å². The van der Waals surface area contributed by atoms with E-state index in [1.165, 1.54) is 12.8 Å². The number of rotatable bonds is 4. The van der Waals surface area contributed by atoms with Crippen LogP contribution in [0.1, 0.15) is 33.1 Å². The summed E-state index contributed by atoms with van der Waals surface area (Å²) in [7, 11) is 0. The second kappa shape index (κ2) is 2.89. The molecule has 10 heavy (non-hydrogen) atoms. The van der Waals surface area contributed by atoms with Crippen molar-refractivity contribution in [3.05, 3.63) is 0 Å². The summed E-state index contributed by atoms with van der Waals surface area (Å²) >= 11 is 0. The van der Waals surface area contributed by atoms with Crippen LogP contribution in [0.4, 0.5) is 0 Å². The van der Waals surface area contributed by atoms with Gasteiger partial charge in [-0.3, -0.25) is 0 Å². The average molecular weight is 142 g/mol. The van der Waals surface area contributed by atoms with Gasteiger partial charge < -0.3 is 11.1 Å². The minimum absolute atomic E-state index is 0.342. The second-order valence-corrected chi connectivity index (χ2v) is 3.75. The van der Waals surface area contributed by atoms with E-state index in [1.54, 1.807) is 0 Å². The lowest BCUT2D eigenvalue weighted by Crippen LogP contribution is -2.31. The van der Waals surface area contributed by atoms with E-state index in [9.17, 15) is 0 Å². The molecule has 0 heterocycles. The second-order valence-electron chi connectivity index (χ2n) is 3.75. The summed E-state index contributed by atoms with van der Waals surface area (Å²) in [6, 6.07) is 0.342. The molecule has 3 N–H and O–H groups in total. The molecule has 1 fully saturated rings. The van der Waals surface area contributed by atoms with Crippen molar-refractivity contribution in [3.8, 4) is 0 Å². The molecule has 1 rings (SSSR count). The summed E-state index contributed by atoms with van der Waals surface area (Å²) in [5, 5.41) is 3.48. The van der Waals surface area contributed by atoms with Crippen LogP contribution in [0.25, 0.3) is 0 Å². The number of nitrogens with one attached hydrogen (secondary N) is 1. The Labute approximate surface area is 63.2 Å². The summed E-state index contributed by atoms with van der Waals surface area (Å²) in [6.07, 6.45) is 3.77. The van der Waals surface area contributed by atoms with Crippen molar-refractivity contribution in [1.82, 2.24) is 5.32 Å². The van der Waals surface area contributed by atoms with Gasteiger partial charge in [0.15, 0.2) is 0 Å². The quantitative estimate of drug-likeness (QED) is 0.611. The summed E-state index contributed by atoms with van der Waals surface area (Å²) in [5.41, 5.74) is 6.08. The first kappa shape index (κ1) is 8.02. The van der Waals surface area contributed by atoms with Gasteiger partial charge in [-0.25, -0.2) is 0 Å². The lowest BCUT2D eigenvalue weighted by molar-refractivity contribution is 0.504. The van der Waals surface area contributed by atoms with E-state index in [1.807, 2.05) is 0 Å². The number of hydrogen-bond donors (Lipinski definition) is 2. The standard InChI is InChI=1S/C8H18N2/c1-7(9)3-6-10-8(2)4-5-8/h7,10H,3-6,9H2,1-2H3. The van der Waals surface area contributed by atoms with Crippen molar-refractivity contribution < 1.29 is 0 Å². The Balaban J connectivity index is 1.95. The van der Waals surface area contributed by atoms with E-state index in [0.29, 0.717) is 11.6 Å². The maximum absolute atomic E-state index is 5.60. The highest BCUT2D eigenvalue weighted by Crippen LogP contribution is 2.33. The molecule has 2 heteroatoms. The Morgan fingerprint density at radius 1 is 1.60 bits per heavy atom. The normalized spacial score (nSPS) is 24.3. The molecular weight excluding hydrogens is 124 g/mol. The first-order valence-electron chi connectivity index (χ1n) is 4.13. The van der Waals surface area contributed by atoms with E-state index in [0.717, 1.165) is 13.0 Å². The van der Waals surface area contributed by atoms with Crippen LogP contribution in [-0.2, 0) is 0 Å². The fraction of sp³-hybridized carbons (Fsp3) is 1.00. The van der Waals surface area contributed by atoms with Gasteiger partial charge in [0, 0.05) is 11.6 Å². The SMILES string of the molecule is CC(N)CCNC1(C)CC1. The highest BCUT2D eigenvalue weighted by Gasteiger charge is 2.35. The average Bonchev–Trinajstić information content (AvgIpc) is 2.47. The Hall–Kier alpha value is -0.0800. The van der Waals surface area contributed by atoms with Crippen molar-refractivity contribution in [1.29, 1.82) is 0 Å². The Morgan fingerprint density at radius 2 is 2.20 bits per heavy atom. The van der Waals surface area contributed by atoms with Gasteiger partial charge in [0.25, 0.3) is 0 Å². The van der Waals surface area contributed by atoms with Crippen LogP contribution in [0.3, 0.4) is 0 Å². The predicted molar refractivity (Wildman–Crippen MR) is 43.9 cm³/mol. The van der Waals surface area contributed by atoms with E-state index in [2.05, 4.69) is 19.2 Å². The molecule has 0 aromatic heterocycles. The fourth-order valence-electron chi connectivity index (χ4n) is 0.966. The largest absolute Gasteiger partial charge is 0.328 e. The summed E-state index contributed by atoms with van der Waals surface area (Å²) in [5.74, 6) is 0. The van der Waals surface area contributed by atoms with E-state index < -0.39 is 0 Å². The molecular formula is C8H18N2. The highest BCUT2D eigenvalue weighted by molar-refractivity contribution is 4.97. The van der Waals surface area contributed by atoms with Crippen LogP contribution in [0.2, 0.25) is 0 Å². The molecule has 60 valence electrons. The predicted octanol–water partition coefficient (Wildman–Crippen LogP) is 0.866. The van der Waals surface area contributed by atoms with Gasteiger partial charge in [0.05, 0.1) is 0 Å². The van der Waals surface area contributed by atoms with E-state index in [-0.39, 0.29) is 0 Å². The number of nitrogens with two attached hydrogens (primary N) is 1. The van der Waals surface area contributed by atoms with Crippen LogP contribution in [0.5, 0.6) is 0 Å². The van der Waals surface area contributed by atoms with Crippen molar-refractivity contribution in [2.45, 2.75) is 44.7 Å². The van der Waals surface area contributed by atoms with Crippen molar-refractivity contribution in [2.75, 3.05) is 6.54 Å². The van der Waals surface area contributed by atoms with Crippen molar-refractivity contribution in [3.63, 3.8) is 0 Å². The lowest BCUT2D eigenvalue weighted by Gasteiger charge is -2.11. The molecule has 0 saturated heterocycles. The molecule has 1 unspecified atom stereocenters.